The van der Waals surface area contributed by atoms with Crippen LogP contribution in [0.2, 0.25) is 0 Å². The molecular formula is C15H26. The van der Waals surface area contributed by atoms with E-state index in [1.165, 1.54) is 32.1 Å². The molecule has 0 saturated heterocycles. The van der Waals surface area contributed by atoms with E-state index in [0.717, 1.165) is 12.8 Å². The van der Waals surface area contributed by atoms with Crippen LogP contribution < -0.4 is 0 Å². The van der Waals surface area contributed by atoms with Crippen molar-refractivity contribution < 1.29 is 0 Å². The van der Waals surface area contributed by atoms with Crippen molar-refractivity contribution in [1.29, 1.82) is 0 Å². The molecule has 0 heterocycles. The standard InChI is InChI=1S/C15H26/c1-3-5-7-9-11-13-15-14-12-10-8-6-4-2/h5,7,9,11,14-15H,3-4,6,8,10,12-13H2,1-2H3/b7-5+,11-9+,15-14+. The van der Waals surface area contributed by atoms with Gasteiger partial charge < -0.3 is 0 Å². The summed E-state index contributed by atoms with van der Waals surface area (Å²) in [6, 6.07) is 0. The van der Waals surface area contributed by atoms with Crippen LogP contribution in [-0.2, 0) is 0 Å². The Morgan fingerprint density at radius 3 is 2.27 bits per heavy atom. The van der Waals surface area contributed by atoms with Crippen molar-refractivity contribution in [1.82, 2.24) is 0 Å². The van der Waals surface area contributed by atoms with E-state index in [9.17, 15) is 0 Å². The van der Waals surface area contributed by atoms with Crippen molar-refractivity contribution in [2.24, 2.45) is 0 Å². The number of hydrogen-bond acceptors (Lipinski definition) is 0. The molecule has 0 saturated carbocycles. The van der Waals surface area contributed by atoms with Crippen LogP contribution in [0.5, 0.6) is 0 Å². The lowest BCUT2D eigenvalue weighted by Gasteiger charge is -1.93. The van der Waals surface area contributed by atoms with E-state index in [4.69, 9.17) is 0 Å². The monoisotopic (exact) mass is 206 g/mol. The minimum absolute atomic E-state index is 1.07. The summed E-state index contributed by atoms with van der Waals surface area (Å²) in [4.78, 5) is 0. The lowest BCUT2D eigenvalue weighted by Crippen LogP contribution is -1.73. The van der Waals surface area contributed by atoms with Gasteiger partial charge in [0.15, 0.2) is 0 Å². The Balaban J connectivity index is 3.23. The minimum atomic E-state index is 1.07. The van der Waals surface area contributed by atoms with Gasteiger partial charge in [0, 0.05) is 0 Å². The van der Waals surface area contributed by atoms with Crippen LogP contribution in [0.3, 0.4) is 0 Å². The van der Waals surface area contributed by atoms with Gasteiger partial charge >= 0.3 is 0 Å². The molecule has 0 aliphatic carbocycles. The van der Waals surface area contributed by atoms with Crippen LogP contribution in [0.4, 0.5) is 0 Å². The maximum absolute atomic E-state index is 2.31. The number of allylic oxidation sites excluding steroid dienone is 6. The Kier molecular flexibility index (Phi) is 12.5. The summed E-state index contributed by atoms with van der Waals surface area (Å²) in [7, 11) is 0. The van der Waals surface area contributed by atoms with Crippen molar-refractivity contribution in [3.05, 3.63) is 36.5 Å². The van der Waals surface area contributed by atoms with Crippen molar-refractivity contribution >= 4 is 0 Å². The van der Waals surface area contributed by atoms with E-state index in [1.807, 2.05) is 0 Å². The maximum atomic E-state index is 2.31. The molecule has 0 radical (unpaired) electrons. The van der Waals surface area contributed by atoms with Crippen molar-refractivity contribution in [3.8, 4) is 0 Å². The molecule has 0 fully saturated rings. The normalized spacial score (nSPS) is 12.4. The molecule has 0 spiro atoms. The first-order valence-electron chi connectivity index (χ1n) is 6.38. The van der Waals surface area contributed by atoms with Crippen LogP contribution in [0.25, 0.3) is 0 Å². The van der Waals surface area contributed by atoms with Gasteiger partial charge in [0.25, 0.3) is 0 Å². The summed E-state index contributed by atoms with van der Waals surface area (Å²) >= 11 is 0. The number of hydrogen-bond donors (Lipinski definition) is 0. The molecule has 86 valence electrons. The number of rotatable bonds is 9. The molecule has 0 bridgehead atoms. The lowest BCUT2D eigenvalue weighted by molar-refractivity contribution is 0.674. The molecule has 0 aliphatic rings. The number of unbranched alkanes of at least 4 members (excludes halogenated alkanes) is 4. The van der Waals surface area contributed by atoms with Crippen LogP contribution in [-0.4, -0.2) is 0 Å². The highest BCUT2D eigenvalue weighted by molar-refractivity contribution is 5.04. The largest absolute Gasteiger partial charge is 0.0882 e. The van der Waals surface area contributed by atoms with Gasteiger partial charge in [-0.05, 0) is 25.7 Å². The maximum Gasteiger partial charge on any atom is -0.0166 e. The Morgan fingerprint density at radius 2 is 1.53 bits per heavy atom. The van der Waals surface area contributed by atoms with Crippen LogP contribution >= 0.6 is 0 Å². The first-order chi connectivity index (χ1) is 7.41. The highest BCUT2D eigenvalue weighted by atomic mass is 13.9. The molecule has 0 rings (SSSR count). The minimum Gasteiger partial charge on any atom is -0.0882 e. The second kappa shape index (κ2) is 13.2. The van der Waals surface area contributed by atoms with E-state index in [-0.39, 0.29) is 0 Å². The molecule has 0 nitrogen and oxygen atoms in total. The highest BCUT2D eigenvalue weighted by Gasteiger charge is 1.83. The molecule has 0 aromatic heterocycles. The second-order valence-electron chi connectivity index (χ2n) is 3.82. The topological polar surface area (TPSA) is 0 Å². The van der Waals surface area contributed by atoms with Gasteiger partial charge in [-0.15, -0.1) is 0 Å². The highest BCUT2D eigenvalue weighted by Crippen LogP contribution is 2.03. The fourth-order valence-electron chi connectivity index (χ4n) is 1.35. The average molecular weight is 206 g/mol. The summed E-state index contributed by atoms with van der Waals surface area (Å²) in [6.07, 6.45) is 22.1. The average Bonchev–Trinajstić information content (AvgIpc) is 2.26. The van der Waals surface area contributed by atoms with E-state index < -0.39 is 0 Å². The first kappa shape index (κ1) is 14.2. The summed E-state index contributed by atoms with van der Waals surface area (Å²) in [6.45, 7) is 4.41. The predicted octanol–water partition coefficient (Wildman–Crippen LogP) is 5.43. The molecule has 0 aromatic carbocycles. The van der Waals surface area contributed by atoms with Crippen molar-refractivity contribution in [3.63, 3.8) is 0 Å². The molecule has 0 atom stereocenters. The molecule has 0 heteroatoms. The predicted molar refractivity (Wildman–Crippen MR) is 71.1 cm³/mol. The quantitative estimate of drug-likeness (QED) is 0.268. The molecular weight excluding hydrogens is 180 g/mol. The van der Waals surface area contributed by atoms with Gasteiger partial charge in [-0.2, -0.15) is 0 Å². The third kappa shape index (κ3) is 13.2. The summed E-state index contributed by atoms with van der Waals surface area (Å²) in [5, 5.41) is 0. The fourth-order valence-corrected chi connectivity index (χ4v) is 1.35. The van der Waals surface area contributed by atoms with Crippen molar-refractivity contribution in [2.75, 3.05) is 0 Å². The van der Waals surface area contributed by atoms with Gasteiger partial charge in [0.1, 0.15) is 0 Å². The smallest absolute Gasteiger partial charge is 0.0166 e. The Morgan fingerprint density at radius 1 is 0.733 bits per heavy atom. The molecule has 15 heavy (non-hydrogen) atoms. The zero-order valence-corrected chi connectivity index (χ0v) is 10.4. The van der Waals surface area contributed by atoms with Crippen LogP contribution in [0.15, 0.2) is 36.5 Å². The van der Waals surface area contributed by atoms with Gasteiger partial charge in [0.2, 0.25) is 0 Å². The molecule has 0 N–H and O–H groups in total. The van der Waals surface area contributed by atoms with Crippen molar-refractivity contribution in [2.45, 2.75) is 58.8 Å². The molecule has 0 aromatic rings. The third-order valence-electron chi connectivity index (χ3n) is 2.28. The fraction of sp³-hybridized carbons (Fsp3) is 0.600. The van der Waals surface area contributed by atoms with Gasteiger partial charge in [-0.25, -0.2) is 0 Å². The molecule has 0 unspecified atom stereocenters. The van der Waals surface area contributed by atoms with Gasteiger partial charge in [0.05, 0.1) is 0 Å². The molecule has 0 aliphatic heterocycles. The second-order valence-corrected chi connectivity index (χ2v) is 3.82. The third-order valence-corrected chi connectivity index (χ3v) is 2.28. The Bertz CT molecular complexity index is 184. The first-order valence-corrected chi connectivity index (χ1v) is 6.38. The van der Waals surface area contributed by atoms with E-state index in [0.29, 0.717) is 0 Å². The van der Waals surface area contributed by atoms with E-state index in [1.54, 1.807) is 0 Å². The Labute approximate surface area is 95.8 Å². The molecule has 0 amide bonds. The van der Waals surface area contributed by atoms with E-state index >= 15 is 0 Å². The van der Waals surface area contributed by atoms with E-state index in [2.05, 4.69) is 50.3 Å². The lowest BCUT2D eigenvalue weighted by atomic mass is 10.1. The summed E-state index contributed by atoms with van der Waals surface area (Å²) in [5.74, 6) is 0. The Hall–Kier alpha value is -0.780. The summed E-state index contributed by atoms with van der Waals surface area (Å²) in [5.41, 5.74) is 0. The zero-order valence-electron chi connectivity index (χ0n) is 10.4. The SMILES string of the molecule is CC/C=C/C=C/C/C=C/CCCCCC. The zero-order chi connectivity index (χ0) is 11.2. The van der Waals surface area contributed by atoms with Crippen LogP contribution in [0.1, 0.15) is 58.8 Å². The van der Waals surface area contributed by atoms with Gasteiger partial charge in [-0.3, -0.25) is 0 Å². The van der Waals surface area contributed by atoms with Gasteiger partial charge in [-0.1, -0.05) is 69.6 Å². The summed E-state index contributed by atoms with van der Waals surface area (Å²) < 4.78 is 0. The van der Waals surface area contributed by atoms with Crippen LogP contribution in [0, 0.1) is 0 Å².